The molecule has 2 heterocycles. The van der Waals surface area contributed by atoms with E-state index in [-0.39, 0.29) is 12.6 Å². The van der Waals surface area contributed by atoms with Gasteiger partial charge in [0.2, 0.25) is 0 Å². The van der Waals surface area contributed by atoms with Crippen LogP contribution >= 0.6 is 23.1 Å². The monoisotopic (exact) mass is 257 g/mol. The molecule has 2 N–H and O–H groups in total. The molecule has 2 rings (SSSR count). The molecule has 1 unspecified atom stereocenters. The number of aliphatic hydroxyl groups is 1. The lowest BCUT2D eigenvalue weighted by molar-refractivity contribution is 0.231. The van der Waals surface area contributed by atoms with Crippen molar-refractivity contribution in [1.29, 1.82) is 0 Å². The lowest BCUT2D eigenvalue weighted by Crippen LogP contribution is -2.37. The van der Waals surface area contributed by atoms with E-state index in [4.69, 9.17) is 0 Å². The van der Waals surface area contributed by atoms with Crippen molar-refractivity contribution in [3.05, 3.63) is 21.9 Å². The smallest absolute Gasteiger partial charge is 0.0654 e. The lowest BCUT2D eigenvalue weighted by atomic mass is 10.1. The zero-order valence-electron chi connectivity index (χ0n) is 9.61. The SMILES string of the molecule is Cc1ccsc1C(CO)NC1CCSCC1. The predicted octanol–water partition coefficient (Wildman–Crippen LogP) is 2.58. The molecule has 0 bridgehead atoms. The Morgan fingerprint density at radius 3 is 2.81 bits per heavy atom. The van der Waals surface area contributed by atoms with Gasteiger partial charge in [-0.1, -0.05) is 0 Å². The van der Waals surface area contributed by atoms with E-state index in [1.165, 1.54) is 34.8 Å². The van der Waals surface area contributed by atoms with E-state index in [1.807, 2.05) is 11.8 Å². The van der Waals surface area contributed by atoms with Crippen molar-refractivity contribution >= 4 is 23.1 Å². The summed E-state index contributed by atoms with van der Waals surface area (Å²) in [5.41, 5.74) is 1.29. The van der Waals surface area contributed by atoms with Crippen molar-refractivity contribution in [1.82, 2.24) is 5.32 Å². The largest absolute Gasteiger partial charge is 0.394 e. The third-order valence-corrected chi connectivity index (χ3v) is 5.24. The van der Waals surface area contributed by atoms with Crippen LogP contribution in [0, 0.1) is 6.92 Å². The minimum Gasteiger partial charge on any atom is -0.394 e. The molecule has 1 aromatic heterocycles. The Labute approximate surface area is 105 Å². The fourth-order valence-corrected chi connectivity index (χ4v) is 4.19. The molecular weight excluding hydrogens is 238 g/mol. The van der Waals surface area contributed by atoms with Gasteiger partial charge in [-0.2, -0.15) is 11.8 Å². The molecule has 4 heteroatoms. The number of hydrogen-bond donors (Lipinski definition) is 2. The zero-order chi connectivity index (χ0) is 11.4. The summed E-state index contributed by atoms with van der Waals surface area (Å²) in [5.74, 6) is 2.50. The van der Waals surface area contributed by atoms with E-state index >= 15 is 0 Å². The highest BCUT2D eigenvalue weighted by Gasteiger charge is 2.20. The molecule has 1 atom stereocenters. The van der Waals surface area contributed by atoms with Gasteiger partial charge in [-0.15, -0.1) is 11.3 Å². The summed E-state index contributed by atoms with van der Waals surface area (Å²) in [4.78, 5) is 1.29. The summed E-state index contributed by atoms with van der Waals surface area (Å²) in [6, 6.07) is 2.84. The Morgan fingerprint density at radius 1 is 1.50 bits per heavy atom. The Balaban J connectivity index is 1.97. The minimum absolute atomic E-state index is 0.132. The van der Waals surface area contributed by atoms with Gasteiger partial charge in [-0.05, 0) is 48.3 Å². The van der Waals surface area contributed by atoms with E-state index in [2.05, 4.69) is 23.7 Å². The molecule has 0 aliphatic carbocycles. The number of aliphatic hydroxyl groups excluding tert-OH is 1. The van der Waals surface area contributed by atoms with Gasteiger partial charge in [0.05, 0.1) is 12.6 Å². The lowest BCUT2D eigenvalue weighted by Gasteiger charge is -2.27. The Bertz CT molecular complexity index is 321. The van der Waals surface area contributed by atoms with E-state index in [0.29, 0.717) is 6.04 Å². The van der Waals surface area contributed by atoms with Crippen molar-refractivity contribution in [3.8, 4) is 0 Å². The summed E-state index contributed by atoms with van der Waals surface area (Å²) < 4.78 is 0. The van der Waals surface area contributed by atoms with E-state index in [9.17, 15) is 5.11 Å². The molecule has 90 valence electrons. The molecule has 0 aromatic carbocycles. The normalized spacial score (nSPS) is 19.9. The molecular formula is C12H19NOS2. The van der Waals surface area contributed by atoms with Crippen LogP contribution in [0.4, 0.5) is 0 Å². The highest BCUT2D eigenvalue weighted by Crippen LogP contribution is 2.26. The van der Waals surface area contributed by atoms with Crippen LogP contribution in [0.1, 0.15) is 29.3 Å². The first-order valence-electron chi connectivity index (χ1n) is 5.80. The van der Waals surface area contributed by atoms with Crippen LogP contribution in [0.25, 0.3) is 0 Å². The van der Waals surface area contributed by atoms with E-state index in [1.54, 1.807) is 11.3 Å². The summed E-state index contributed by atoms with van der Waals surface area (Å²) in [6.07, 6.45) is 2.46. The molecule has 2 nitrogen and oxygen atoms in total. The third kappa shape index (κ3) is 3.00. The summed E-state index contributed by atoms with van der Waals surface area (Å²) in [5, 5.41) is 15.2. The molecule has 1 aliphatic rings. The second-order valence-corrected chi connectivity index (χ2v) is 6.43. The molecule has 0 amide bonds. The maximum Gasteiger partial charge on any atom is 0.0654 e. The minimum atomic E-state index is 0.132. The third-order valence-electron chi connectivity index (χ3n) is 3.06. The first-order chi connectivity index (χ1) is 7.81. The quantitative estimate of drug-likeness (QED) is 0.869. The van der Waals surface area contributed by atoms with Gasteiger partial charge in [0.1, 0.15) is 0 Å². The van der Waals surface area contributed by atoms with Crippen molar-refractivity contribution in [3.63, 3.8) is 0 Å². The maximum absolute atomic E-state index is 9.49. The van der Waals surface area contributed by atoms with Crippen LogP contribution < -0.4 is 5.32 Å². The van der Waals surface area contributed by atoms with Gasteiger partial charge in [0.15, 0.2) is 0 Å². The molecule has 1 fully saturated rings. The topological polar surface area (TPSA) is 32.3 Å². The van der Waals surface area contributed by atoms with Gasteiger partial charge in [0, 0.05) is 10.9 Å². The van der Waals surface area contributed by atoms with Crippen molar-refractivity contribution < 1.29 is 5.11 Å². The Morgan fingerprint density at radius 2 is 2.25 bits per heavy atom. The van der Waals surface area contributed by atoms with Crippen molar-refractivity contribution in [2.75, 3.05) is 18.1 Å². The number of thioether (sulfide) groups is 1. The number of hydrogen-bond acceptors (Lipinski definition) is 4. The second kappa shape index (κ2) is 6.05. The Kier molecular flexibility index (Phi) is 4.70. The number of nitrogens with one attached hydrogen (secondary N) is 1. The summed E-state index contributed by atoms with van der Waals surface area (Å²) in [7, 11) is 0. The van der Waals surface area contributed by atoms with Gasteiger partial charge >= 0.3 is 0 Å². The standard InChI is InChI=1S/C12H19NOS2/c1-9-2-7-16-12(9)11(8-14)13-10-3-5-15-6-4-10/h2,7,10-11,13-14H,3-6,8H2,1H3. The van der Waals surface area contributed by atoms with Gasteiger partial charge in [-0.3, -0.25) is 0 Å². The molecule has 0 radical (unpaired) electrons. The number of rotatable bonds is 4. The van der Waals surface area contributed by atoms with Crippen LogP contribution in [0.15, 0.2) is 11.4 Å². The average molecular weight is 257 g/mol. The molecule has 0 spiro atoms. The van der Waals surface area contributed by atoms with E-state index < -0.39 is 0 Å². The Hall–Kier alpha value is -0.0300. The molecule has 0 saturated carbocycles. The van der Waals surface area contributed by atoms with Crippen molar-refractivity contribution in [2.45, 2.75) is 31.8 Å². The molecule has 1 aromatic rings. The zero-order valence-corrected chi connectivity index (χ0v) is 11.2. The predicted molar refractivity (Wildman–Crippen MR) is 72.4 cm³/mol. The molecule has 16 heavy (non-hydrogen) atoms. The first kappa shape index (κ1) is 12.4. The van der Waals surface area contributed by atoms with E-state index in [0.717, 1.165) is 0 Å². The van der Waals surface area contributed by atoms with Crippen molar-refractivity contribution in [2.24, 2.45) is 0 Å². The fraction of sp³-hybridized carbons (Fsp3) is 0.667. The molecule has 1 aliphatic heterocycles. The van der Waals surface area contributed by atoms with Crippen LogP contribution in [-0.2, 0) is 0 Å². The van der Waals surface area contributed by atoms with Gasteiger partial charge in [-0.25, -0.2) is 0 Å². The van der Waals surface area contributed by atoms with Gasteiger partial charge in [0.25, 0.3) is 0 Å². The highest BCUT2D eigenvalue weighted by atomic mass is 32.2. The number of thiophene rings is 1. The second-order valence-electron chi connectivity index (χ2n) is 4.26. The fourth-order valence-electron chi connectivity index (χ4n) is 2.10. The highest BCUT2D eigenvalue weighted by molar-refractivity contribution is 7.99. The molecule has 1 saturated heterocycles. The summed E-state index contributed by atoms with van der Waals surface area (Å²) >= 11 is 3.78. The first-order valence-corrected chi connectivity index (χ1v) is 7.83. The van der Waals surface area contributed by atoms with Gasteiger partial charge < -0.3 is 10.4 Å². The van der Waals surface area contributed by atoms with Crippen LogP contribution in [0.5, 0.6) is 0 Å². The van der Waals surface area contributed by atoms with Crippen LogP contribution in [-0.4, -0.2) is 29.3 Å². The van der Waals surface area contributed by atoms with Crippen LogP contribution in [0.2, 0.25) is 0 Å². The average Bonchev–Trinajstić information content (AvgIpc) is 2.74. The van der Waals surface area contributed by atoms with Crippen LogP contribution in [0.3, 0.4) is 0 Å². The maximum atomic E-state index is 9.49. The summed E-state index contributed by atoms with van der Waals surface area (Å²) in [6.45, 7) is 2.32. The number of aryl methyl sites for hydroxylation is 1.